The minimum atomic E-state index is -0.138. The molecule has 6 nitrogen and oxygen atoms in total. The predicted octanol–water partition coefficient (Wildman–Crippen LogP) is 2.80. The lowest BCUT2D eigenvalue weighted by Gasteiger charge is -2.49. The number of likely N-dealkylation sites (tertiary alicyclic amines) is 2. The molecule has 0 radical (unpaired) electrons. The van der Waals surface area contributed by atoms with E-state index < -0.39 is 0 Å². The Morgan fingerprint density at radius 1 is 1.19 bits per heavy atom. The minimum absolute atomic E-state index is 0.138. The highest BCUT2D eigenvalue weighted by Crippen LogP contribution is 2.41. The number of amides is 1. The number of piperidine rings is 2. The van der Waals surface area contributed by atoms with Gasteiger partial charge in [-0.1, -0.05) is 12.8 Å². The lowest BCUT2D eigenvalue weighted by atomic mass is 9.73. The highest BCUT2D eigenvalue weighted by atomic mass is 16.5. The molecule has 0 unspecified atom stereocenters. The van der Waals surface area contributed by atoms with Gasteiger partial charge in [0.1, 0.15) is 12.0 Å². The first-order valence-corrected chi connectivity index (χ1v) is 10.3. The fourth-order valence-electron chi connectivity index (χ4n) is 5.26. The molecular formula is C21H30N2O4. The van der Waals surface area contributed by atoms with Crippen molar-refractivity contribution in [1.29, 1.82) is 0 Å². The minimum Gasteiger partial charge on any atom is -0.490 e. The van der Waals surface area contributed by atoms with Crippen LogP contribution in [-0.2, 0) is 11.3 Å². The maximum atomic E-state index is 12.5. The molecule has 4 rings (SSSR count). The van der Waals surface area contributed by atoms with E-state index in [4.69, 9.17) is 9.15 Å². The third-order valence-corrected chi connectivity index (χ3v) is 6.65. The molecule has 3 aliphatic rings. The fourth-order valence-corrected chi connectivity index (χ4v) is 5.26. The van der Waals surface area contributed by atoms with E-state index in [9.17, 15) is 9.59 Å². The Morgan fingerprint density at radius 2 is 2.00 bits per heavy atom. The van der Waals surface area contributed by atoms with E-state index in [0.717, 1.165) is 32.5 Å². The van der Waals surface area contributed by atoms with Crippen molar-refractivity contribution in [3.8, 4) is 5.75 Å². The summed E-state index contributed by atoms with van der Waals surface area (Å²) in [4.78, 5) is 29.1. The summed E-state index contributed by atoms with van der Waals surface area (Å²) >= 11 is 0. The summed E-state index contributed by atoms with van der Waals surface area (Å²) in [6.45, 7) is 3.52. The third-order valence-electron chi connectivity index (χ3n) is 6.65. The van der Waals surface area contributed by atoms with Gasteiger partial charge in [-0.15, -0.1) is 0 Å². The standard InChI is InChI=1S/C21H30N2O4/c1-26-19-13-27-17(11-18(19)24)12-22-10-4-8-21(14-22)9-7-20(25)23(15-21)16-5-2-3-6-16/h11,13,16H,2-10,12,14-15H2,1H3/t21-/m0/s1. The molecule has 0 aromatic carbocycles. The molecular weight excluding hydrogens is 344 g/mol. The second kappa shape index (κ2) is 7.66. The quantitative estimate of drug-likeness (QED) is 0.811. The van der Waals surface area contributed by atoms with Gasteiger partial charge >= 0.3 is 0 Å². The van der Waals surface area contributed by atoms with E-state index in [1.54, 1.807) is 0 Å². The van der Waals surface area contributed by atoms with Gasteiger partial charge in [-0.2, -0.15) is 0 Å². The Hall–Kier alpha value is -1.82. The second-order valence-electron chi connectivity index (χ2n) is 8.55. The average Bonchev–Trinajstić information content (AvgIpc) is 3.19. The lowest BCUT2D eigenvalue weighted by Crippen LogP contribution is -2.55. The van der Waals surface area contributed by atoms with Crippen molar-refractivity contribution < 1.29 is 13.9 Å². The summed E-state index contributed by atoms with van der Waals surface area (Å²) in [7, 11) is 1.47. The Bertz CT molecular complexity index is 740. The number of nitrogens with zero attached hydrogens (tertiary/aromatic N) is 2. The van der Waals surface area contributed by atoms with Gasteiger partial charge in [0, 0.05) is 37.0 Å². The average molecular weight is 374 g/mol. The molecule has 1 aromatic heterocycles. The highest BCUT2D eigenvalue weighted by Gasteiger charge is 2.43. The van der Waals surface area contributed by atoms with Crippen molar-refractivity contribution in [1.82, 2.24) is 9.80 Å². The molecule has 6 heteroatoms. The van der Waals surface area contributed by atoms with Crippen LogP contribution < -0.4 is 10.2 Å². The number of hydrogen-bond donors (Lipinski definition) is 0. The molecule has 0 N–H and O–H groups in total. The largest absolute Gasteiger partial charge is 0.490 e. The third kappa shape index (κ3) is 3.91. The Balaban J connectivity index is 1.44. The molecule has 1 saturated carbocycles. The Kier molecular flexibility index (Phi) is 5.26. The zero-order chi connectivity index (χ0) is 18.9. The molecule has 1 aliphatic carbocycles. The van der Waals surface area contributed by atoms with Crippen LogP contribution in [0.25, 0.3) is 0 Å². The molecule has 1 atom stereocenters. The molecule has 3 heterocycles. The normalized spacial score (nSPS) is 27.4. The first kappa shape index (κ1) is 18.5. The van der Waals surface area contributed by atoms with Crippen molar-refractivity contribution in [3.63, 3.8) is 0 Å². The van der Waals surface area contributed by atoms with Crippen LogP contribution in [0.4, 0.5) is 0 Å². The van der Waals surface area contributed by atoms with E-state index in [2.05, 4.69) is 9.80 Å². The molecule has 148 valence electrons. The van der Waals surface area contributed by atoms with Gasteiger partial charge in [-0.3, -0.25) is 14.5 Å². The summed E-state index contributed by atoms with van der Waals surface area (Å²) in [5.74, 6) is 1.27. The molecule has 3 fully saturated rings. The van der Waals surface area contributed by atoms with Gasteiger partial charge in [0.25, 0.3) is 0 Å². The number of methoxy groups -OCH3 is 1. The van der Waals surface area contributed by atoms with Crippen LogP contribution in [0.15, 0.2) is 21.5 Å². The van der Waals surface area contributed by atoms with Crippen LogP contribution in [0.2, 0.25) is 0 Å². The van der Waals surface area contributed by atoms with E-state index in [-0.39, 0.29) is 16.6 Å². The number of ether oxygens (including phenoxy) is 1. The zero-order valence-electron chi connectivity index (χ0n) is 16.2. The van der Waals surface area contributed by atoms with Crippen LogP contribution in [0.3, 0.4) is 0 Å². The van der Waals surface area contributed by atoms with Crippen molar-refractivity contribution in [2.24, 2.45) is 5.41 Å². The van der Waals surface area contributed by atoms with Crippen molar-refractivity contribution in [2.75, 3.05) is 26.7 Å². The van der Waals surface area contributed by atoms with Crippen LogP contribution in [0.5, 0.6) is 5.75 Å². The van der Waals surface area contributed by atoms with Crippen LogP contribution in [0, 0.1) is 5.41 Å². The van der Waals surface area contributed by atoms with Gasteiger partial charge in [-0.25, -0.2) is 0 Å². The molecule has 1 spiro atoms. The van der Waals surface area contributed by atoms with Gasteiger partial charge in [0.15, 0.2) is 0 Å². The van der Waals surface area contributed by atoms with Crippen molar-refractivity contribution >= 4 is 5.91 Å². The topological polar surface area (TPSA) is 63.0 Å². The molecule has 1 amide bonds. The van der Waals surface area contributed by atoms with Crippen molar-refractivity contribution in [2.45, 2.75) is 64.0 Å². The van der Waals surface area contributed by atoms with Gasteiger partial charge in [0.2, 0.25) is 17.1 Å². The van der Waals surface area contributed by atoms with Gasteiger partial charge in [0.05, 0.1) is 13.7 Å². The number of carbonyl (C=O) groups is 1. The predicted molar refractivity (Wildman–Crippen MR) is 102 cm³/mol. The lowest BCUT2D eigenvalue weighted by molar-refractivity contribution is -0.142. The van der Waals surface area contributed by atoms with E-state index in [1.165, 1.54) is 51.5 Å². The summed E-state index contributed by atoms with van der Waals surface area (Å²) < 4.78 is 10.6. The van der Waals surface area contributed by atoms with E-state index in [1.807, 2.05) is 0 Å². The first-order valence-electron chi connectivity index (χ1n) is 10.3. The van der Waals surface area contributed by atoms with Gasteiger partial charge < -0.3 is 14.1 Å². The highest BCUT2D eigenvalue weighted by molar-refractivity contribution is 5.77. The molecule has 1 aromatic rings. The first-order chi connectivity index (χ1) is 13.1. The fraction of sp³-hybridized carbons (Fsp3) is 0.714. The summed E-state index contributed by atoms with van der Waals surface area (Å²) in [5, 5.41) is 0. The maximum Gasteiger partial charge on any atom is 0.227 e. The second-order valence-corrected chi connectivity index (χ2v) is 8.55. The smallest absolute Gasteiger partial charge is 0.227 e. The monoisotopic (exact) mass is 374 g/mol. The SMILES string of the molecule is COc1coc(CN2CCC[C@]3(CCC(=O)N(C4CCCC4)C3)C2)cc1=O. The molecule has 27 heavy (non-hydrogen) atoms. The van der Waals surface area contributed by atoms with E-state index >= 15 is 0 Å². The van der Waals surface area contributed by atoms with Crippen LogP contribution in [-0.4, -0.2) is 48.5 Å². The summed E-state index contributed by atoms with van der Waals surface area (Å²) in [5.41, 5.74) is 0.0581. The number of hydrogen-bond acceptors (Lipinski definition) is 5. The summed E-state index contributed by atoms with van der Waals surface area (Å²) in [6.07, 6.45) is 10.2. The number of rotatable bonds is 4. The Morgan fingerprint density at radius 3 is 2.74 bits per heavy atom. The van der Waals surface area contributed by atoms with Crippen molar-refractivity contribution in [3.05, 3.63) is 28.3 Å². The Labute approximate surface area is 160 Å². The molecule has 2 saturated heterocycles. The number of carbonyl (C=O) groups excluding carboxylic acids is 1. The molecule has 2 aliphatic heterocycles. The van der Waals surface area contributed by atoms with Gasteiger partial charge in [-0.05, 0) is 38.6 Å². The zero-order valence-corrected chi connectivity index (χ0v) is 16.2. The molecule has 0 bridgehead atoms. The van der Waals surface area contributed by atoms with E-state index in [0.29, 0.717) is 30.7 Å². The van der Waals surface area contributed by atoms with Crippen LogP contribution in [0.1, 0.15) is 57.1 Å². The summed E-state index contributed by atoms with van der Waals surface area (Å²) in [6, 6.07) is 2.00. The maximum absolute atomic E-state index is 12.5. The van der Waals surface area contributed by atoms with Crippen LogP contribution >= 0.6 is 0 Å².